The molecule has 3 N–H and O–H groups in total. The Morgan fingerprint density at radius 1 is 1.45 bits per heavy atom. The second kappa shape index (κ2) is 5.59. The van der Waals surface area contributed by atoms with E-state index in [2.05, 4.69) is 15.4 Å². The Morgan fingerprint density at radius 2 is 2.15 bits per heavy atom. The second-order valence-electron chi connectivity index (χ2n) is 4.24. The molecule has 0 aliphatic rings. The fraction of sp³-hybridized carbons (Fsp3) is 0.455. The first-order valence-electron chi connectivity index (χ1n) is 6.05. The van der Waals surface area contributed by atoms with Crippen LogP contribution in [0, 0.1) is 0 Å². The molecule has 0 aliphatic heterocycles. The molecule has 2 heterocycles. The number of rotatable bonds is 5. The summed E-state index contributed by atoms with van der Waals surface area (Å²) in [4.78, 5) is 11.0. The predicted octanol–water partition coefficient (Wildman–Crippen LogP) is 0.433. The van der Waals surface area contributed by atoms with Crippen molar-refractivity contribution in [1.82, 2.24) is 24.8 Å². The van der Waals surface area contributed by atoms with Gasteiger partial charge >= 0.3 is 5.97 Å². The Kier molecular flexibility index (Phi) is 4.05. The lowest BCUT2D eigenvalue weighted by atomic mass is 10.3. The minimum atomic E-state index is -1.15. The molecule has 0 bridgehead atoms. The monoisotopic (exact) mass is 298 g/mol. The zero-order chi connectivity index (χ0) is 14.9. The average molecular weight is 299 g/mol. The van der Waals surface area contributed by atoms with Crippen LogP contribution in [-0.2, 0) is 26.6 Å². The van der Waals surface area contributed by atoms with Crippen LogP contribution < -0.4 is 5.73 Å². The number of carboxylic acid groups (broad SMARTS) is 1. The van der Waals surface area contributed by atoms with Gasteiger partial charge in [-0.2, -0.15) is 5.10 Å². The standard InChI is InChI=1S/C11H15ClN6O2/c1-3-6-9(12)8(17(2)15-6)5-18-7(4-13)10(11(19)20)14-16-18/h3-5,13H2,1-2H3,(H,19,20). The molecule has 0 aromatic carbocycles. The lowest BCUT2D eigenvalue weighted by molar-refractivity contribution is 0.0689. The molecule has 8 nitrogen and oxygen atoms in total. The van der Waals surface area contributed by atoms with Crippen LogP contribution in [-0.4, -0.2) is 35.9 Å². The fourth-order valence-corrected chi connectivity index (χ4v) is 2.31. The molecular formula is C11H15ClN6O2. The SMILES string of the molecule is CCc1nn(C)c(Cn2nnc(C(=O)O)c2CN)c1Cl. The maximum atomic E-state index is 11.0. The van der Waals surface area contributed by atoms with E-state index in [-0.39, 0.29) is 18.8 Å². The largest absolute Gasteiger partial charge is 0.476 e. The number of halogens is 1. The van der Waals surface area contributed by atoms with Crippen LogP contribution in [0.2, 0.25) is 5.02 Å². The number of aromatic nitrogens is 5. The Labute approximate surface area is 120 Å². The number of aryl methyl sites for hydroxylation is 2. The van der Waals surface area contributed by atoms with Crippen molar-refractivity contribution in [2.24, 2.45) is 12.8 Å². The van der Waals surface area contributed by atoms with Crippen molar-refractivity contribution < 1.29 is 9.90 Å². The molecule has 2 aromatic heterocycles. The van der Waals surface area contributed by atoms with Gasteiger partial charge < -0.3 is 10.8 Å². The highest BCUT2D eigenvalue weighted by atomic mass is 35.5. The minimum Gasteiger partial charge on any atom is -0.476 e. The highest BCUT2D eigenvalue weighted by Gasteiger charge is 2.20. The van der Waals surface area contributed by atoms with E-state index in [1.165, 1.54) is 4.68 Å². The molecule has 0 saturated carbocycles. The summed E-state index contributed by atoms with van der Waals surface area (Å²) in [6.07, 6.45) is 0.716. The number of hydrogen-bond donors (Lipinski definition) is 2. The van der Waals surface area contributed by atoms with Crippen LogP contribution in [0.15, 0.2) is 0 Å². The van der Waals surface area contributed by atoms with Gasteiger partial charge in [-0.15, -0.1) is 5.10 Å². The number of carbonyl (C=O) groups is 1. The molecule has 0 atom stereocenters. The van der Waals surface area contributed by atoms with E-state index in [9.17, 15) is 4.79 Å². The summed E-state index contributed by atoms with van der Waals surface area (Å²) in [5.74, 6) is -1.15. The van der Waals surface area contributed by atoms with Gasteiger partial charge in [0.1, 0.15) is 0 Å². The smallest absolute Gasteiger partial charge is 0.358 e. The van der Waals surface area contributed by atoms with Gasteiger partial charge in [0, 0.05) is 13.6 Å². The summed E-state index contributed by atoms with van der Waals surface area (Å²) in [7, 11) is 1.78. The van der Waals surface area contributed by atoms with Crippen LogP contribution in [0.3, 0.4) is 0 Å². The first-order chi connectivity index (χ1) is 9.49. The molecule has 0 spiro atoms. The van der Waals surface area contributed by atoms with Crippen LogP contribution >= 0.6 is 11.6 Å². The molecular weight excluding hydrogens is 284 g/mol. The van der Waals surface area contributed by atoms with E-state index in [1.54, 1.807) is 11.7 Å². The van der Waals surface area contributed by atoms with Crippen molar-refractivity contribution in [2.45, 2.75) is 26.4 Å². The van der Waals surface area contributed by atoms with Gasteiger partial charge in [0.2, 0.25) is 0 Å². The van der Waals surface area contributed by atoms with Crippen molar-refractivity contribution in [2.75, 3.05) is 0 Å². The van der Waals surface area contributed by atoms with Crippen molar-refractivity contribution in [3.63, 3.8) is 0 Å². The summed E-state index contributed by atoms with van der Waals surface area (Å²) in [6.45, 7) is 2.27. The van der Waals surface area contributed by atoms with E-state index in [1.807, 2.05) is 6.92 Å². The Morgan fingerprint density at radius 3 is 2.65 bits per heavy atom. The third kappa shape index (κ3) is 2.39. The van der Waals surface area contributed by atoms with Crippen molar-refractivity contribution in [3.05, 3.63) is 27.8 Å². The minimum absolute atomic E-state index is 0.0325. The summed E-state index contributed by atoms with van der Waals surface area (Å²) in [5, 5.41) is 21.3. The van der Waals surface area contributed by atoms with E-state index in [4.69, 9.17) is 22.4 Å². The van der Waals surface area contributed by atoms with Gasteiger partial charge in [-0.25, -0.2) is 9.48 Å². The molecule has 9 heteroatoms. The Bertz CT molecular complexity index is 648. The molecule has 2 aromatic rings. The molecule has 0 aliphatic carbocycles. The third-order valence-corrected chi connectivity index (χ3v) is 3.47. The summed E-state index contributed by atoms with van der Waals surface area (Å²) in [5.41, 5.74) is 7.32. The number of nitrogens with two attached hydrogens (primary N) is 1. The molecule has 0 saturated heterocycles. The number of hydrogen-bond acceptors (Lipinski definition) is 5. The molecule has 0 unspecified atom stereocenters. The lowest BCUT2D eigenvalue weighted by Crippen LogP contribution is -2.15. The van der Waals surface area contributed by atoms with Gasteiger partial charge in [-0.05, 0) is 6.42 Å². The molecule has 2 rings (SSSR count). The quantitative estimate of drug-likeness (QED) is 0.828. The Balaban J connectivity index is 2.40. The van der Waals surface area contributed by atoms with Crippen LogP contribution in [0.5, 0.6) is 0 Å². The topological polar surface area (TPSA) is 112 Å². The molecule has 108 valence electrons. The first-order valence-corrected chi connectivity index (χ1v) is 6.43. The first kappa shape index (κ1) is 14.5. The molecule has 0 radical (unpaired) electrons. The normalized spacial score (nSPS) is 11.0. The number of nitrogens with zero attached hydrogens (tertiary/aromatic N) is 5. The number of carboxylic acids is 1. The average Bonchev–Trinajstić information content (AvgIpc) is 2.94. The van der Waals surface area contributed by atoms with Crippen molar-refractivity contribution in [1.29, 1.82) is 0 Å². The van der Waals surface area contributed by atoms with Gasteiger partial charge in [0.15, 0.2) is 5.69 Å². The van der Waals surface area contributed by atoms with Gasteiger partial charge in [0.25, 0.3) is 0 Å². The maximum Gasteiger partial charge on any atom is 0.358 e. The molecule has 20 heavy (non-hydrogen) atoms. The van der Waals surface area contributed by atoms with Crippen LogP contribution in [0.4, 0.5) is 0 Å². The number of aromatic carboxylic acids is 1. The Hall–Kier alpha value is -1.93. The highest BCUT2D eigenvalue weighted by molar-refractivity contribution is 6.31. The van der Waals surface area contributed by atoms with Crippen molar-refractivity contribution >= 4 is 17.6 Å². The molecule has 0 fully saturated rings. The van der Waals surface area contributed by atoms with Crippen LogP contribution in [0.25, 0.3) is 0 Å². The third-order valence-electron chi connectivity index (χ3n) is 3.04. The maximum absolute atomic E-state index is 11.0. The lowest BCUT2D eigenvalue weighted by Gasteiger charge is -2.06. The van der Waals surface area contributed by atoms with E-state index in [0.717, 1.165) is 11.4 Å². The summed E-state index contributed by atoms with van der Waals surface area (Å²) in [6, 6.07) is 0. The second-order valence-corrected chi connectivity index (χ2v) is 4.61. The van der Waals surface area contributed by atoms with Crippen LogP contribution in [0.1, 0.15) is 34.5 Å². The van der Waals surface area contributed by atoms with E-state index in [0.29, 0.717) is 17.1 Å². The van der Waals surface area contributed by atoms with Crippen molar-refractivity contribution in [3.8, 4) is 0 Å². The zero-order valence-corrected chi connectivity index (χ0v) is 11.9. The summed E-state index contributed by atoms with van der Waals surface area (Å²) >= 11 is 6.25. The zero-order valence-electron chi connectivity index (χ0n) is 11.2. The molecule has 0 amide bonds. The fourth-order valence-electron chi connectivity index (χ4n) is 1.96. The van der Waals surface area contributed by atoms with Gasteiger partial charge in [-0.3, -0.25) is 4.68 Å². The summed E-state index contributed by atoms with van der Waals surface area (Å²) < 4.78 is 3.09. The van der Waals surface area contributed by atoms with E-state index < -0.39 is 5.97 Å². The van der Waals surface area contributed by atoms with E-state index >= 15 is 0 Å². The van der Waals surface area contributed by atoms with Gasteiger partial charge in [0.05, 0.1) is 28.6 Å². The highest BCUT2D eigenvalue weighted by Crippen LogP contribution is 2.22. The predicted molar refractivity (Wildman–Crippen MR) is 71.6 cm³/mol. The van der Waals surface area contributed by atoms with Gasteiger partial charge in [-0.1, -0.05) is 23.7 Å².